The molecule has 0 unspecified atom stereocenters. The van der Waals surface area contributed by atoms with Crippen LogP contribution in [-0.4, -0.2) is 51.6 Å². The second kappa shape index (κ2) is 8.71. The minimum absolute atomic E-state index is 0.00579. The van der Waals surface area contributed by atoms with E-state index in [4.69, 9.17) is 11.6 Å². The van der Waals surface area contributed by atoms with Crippen molar-refractivity contribution in [2.24, 2.45) is 0 Å². The third-order valence-corrected chi connectivity index (χ3v) is 8.28. The Bertz CT molecular complexity index is 1100. The Morgan fingerprint density at radius 3 is 2.39 bits per heavy atom. The minimum atomic E-state index is -3.81. The molecule has 0 bridgehead atoms. The van der Waals surface area contributed by atoms with Gasteiger partial charge >= 0.3 is 0 Å². The van der Waals surface area contributed by atoms with Crippen LogP contribution in [0.5, 0.6) is 0 Å². The number of benzene rings is 2. The third-order valence-electron chi connectivity index (χ3n) is 5.70. The number of hydrogen-bond acceptors (Lipinski definition) is 5. The molecule has 0 saturated carbocycles. The number of carbonyl (C=O) groups is 1. The van der Waals surface area contributed by atoms with E-state index in [1.165, 1.54) is 6.92 Å². The molecular formula is C21H24BrClN4O3S. The van der Waals surface area contributed by atoms with E-state index < -0.39 is 10.0 Å². The van der Waals surface area contributed by atoms with Crippen molar-refractivity contribution in [2.75, 3.05) is 36.0 Å². The fraction of sp³-hybridized carbons (Fsp3) is 0.381. The Morgan fingerprint density at radius 1 is 1.13 bits per heavy atom. The molecule has 2 aromatic carbocycles. The van der Waals surface area contributed by atoms with Gasteiger partial charge in [0.1, 0.15) is 0 Å². The number of sulfonamides is 1. The molecule has 1 amide bonds. The van der Waals surface area contributed by atoms with Gasteiger partial charge in [-0.05, 0) is 71.2 Å². The quantitative estimate of drug-likeness (QED) is 0.660. The molecule has 2 heterocycles. The largest absolute Gasteiger partial charge is 0.369 e. The zero-order chi connectivity index (χ0) is 22.3. The van der Waals surface area contributed by atoms with Gasteiger partial charge in [0, 0.05) is 60.0 Å². The van der Waals surface area contributed by atoms with Gasteiger partial charge in [-0.2, -0.15) is 0 Å². The Kier molecular flexibility index (Phi) is 6.33. The number of anilines is 2. The molecule has 2 aliphatic heterocycles. The first kappa shape index (κ1) is 22.5. The molecule has 1 N–H and O–H groups in total. The summed E-state index contributed by atoms with van der Waals surface area (Å²) in [5.41, 5.74) is 2.69. The molecule has 2 aliphatic rings. The highest BCUT2D eigenvalue weighted by Gasteiger charge is 2.32. The van der Waals surface area contributed by atoms with Crippen molar-refractivity contribution in [3.8, 4) is 0 Å². The molecule has 7 nitrogen and oxygen atoms in total. The van der Waals surface area contributed by atoms with Crippen LogP contribution in [0.1, 0.15) is 19.4 Å². The molecule has 1 fully saturated rings. The Hall–Kier alpha value is -1.65. The van der Waals surface area contributed by atoms with E-state index in [1.54, 1.807) is 16.0 Å². The molecule has 0 aliphatic carbocycles. The van der Waals surface area contributed by atoms with Crippen molar-refractivity contribution in [1.82, 2.24) is 9.84 Å². The molecule has 0 radical (unpaired) electrons. The van der Waals surface area contributed by atoms with Gasteiger partial charge in [-0.25, -0.2) is 13.4 Å². The van der Waals surface area contributed by atoms with Gasteiger partial charge in [0.15, 0.2) is 0 Å². The summed E-state index contributed by atoms with van der Waals surface area (Å²) in [4.78, 5) is 18.8. The van der Waals surface area contributed by atoms with Gasteiger partial charge in [-0.1, -0.05) is 11.6 Å². The third kappa shape index (κ3) is 4.61. The fourth-order valence-electron chi connectivity index (χ4n) is 4.23. The van der Waals surface area contributed by atoms with Crippen LogP contribution >= 0.6 is 27.5 Å². The second-order valence-electron chi connectivity index (χ2n) is 7.90. The van der Waals surface area contributed by atoms with Crippen molar-refractivity contribution < 1.29 is 13.2 Å². The van der Waals surface area contributed by atoms with Crippen molar-refractivity contribution >= 4 is 54.8 Å². The number of amides is 1. The van der Waals surface area contributed by atoms with E-state index in [-0.39, 0.29) is 16.8 Å². The smallest absolute Gasteiger partial charge is 0.254 e. The average Bonchev–Trinajstić information content (AvgIpc) is 3.03. The molecular weight excluding hydrogens is 504 g/mol. The maximum absolute atomic E-state index is 13.2. The first-order valence-corrected chi connectivity index (χ1v) is 12.7. The summed E-state index contributed by atoms with van der Waals surface area (Å²) in [6.07, 6.45) is 0.702. The summed E-state index contributed by atoms with van der Waals surface area (Å²) in [5.74, 6) is -0.0943. The van der Waals surface area contributed by atoms with Crippen LogP contribution in [-0.2, 0) is 21.2 Å². The van der Waals surface area contributed by atoms with Gasteiger partial charge < -0.3 is 9.80 Å². The predicted molar refractivity (Wildman–Crippen MR) is 126 cm³/mol. The van der Waals surface area contributed by atoms with Crippen LogP contribution in [0.3, 0.4) is 0 Å². The molecule has 4 rings (SSSR count). The number of rotatable bonds is 4. The molecule has 1 saturated heterocycles. The number of hydrogen-bond donors (Lipinski definition) is 1. The molecule has 10 heteroatoms. The number of piperazine rings is 1. The van der Waals surface area contributed by atoms with Crippen LogP contribution in [0.25, 0.3) is 0 Å². The lowest BCUT2D eigenvalue weighted by atomic mass is 10.1. The number of carbonyl (C=O) groups excluding carboxylic acids is 1. The summed E-state index contributed by atoms with van der Waals surface area (Å²) in [5, 5.41) is 2.40. The van der Waals surface area contributed by atoms with Gasteiger partial charge in [-0.3, -0.25) is 4.79 Å². The van der Waals surface area contributed by atoms with Crippen LogP contribution in [0, 0.1) is 0 Å². The van der Waals surface area contributed by atoms with Gasteiger partial charge in [0.25, 0.3) is 10.0 Å². The van der Waals surface area contributed by atoms with Gasteiger partial charge in [0.05, 0.1) is 4.90 Å². The first-order valence-electron chi connectivity index (χ1n) is 10.1. The maximum Gasteiger partial charge on any atom is 0.254 e. The molecule has 0 spiro atoms. The van der Waals surface area contributed by atoms with E-state index in [0.717, 1.165) is 11.3 Å². The molecule has 2 aromatic rings. The summed E-state index contributed by atoms with van der Waals surface area (Å²) in [6.45, 7) is 5.92. The van der Waals surface area contributed by atoms with Crippen LogP contribution in [0.15, 0.2) is 45.8 Å². The van der Waals surface area contributed by atoms with Gasteiger partial charge in [-0.15, -0.1) is 4.83 Å². The lowest BCUT2D eigenvalue weighted by molar-refractivity contribution is -0.116. The van der Waals surface area contributed by atoms with Crippen LogP contribution in [0.4, 0.5) is 11.4 Å². The fourth-order valence-corrected chi connectivity index (χ4v) is 6.59. The lowest BCUT2D eigenvalue weighted by Gasteiger charge is -2.36. The Morgan fingerprint density at radius 2 is 1.77 bits per heavy atom. The van der Waals surface area contributed by atoms with E-state index >= 15 is 0 Å². The maximum atomic E-state index is 13.2. The summed E-state index contributed by atoms with van der Waals surface area (Å²) < 4.78 is 26.8. The Labute approximate surface area is 196 Å². The average molecular weight is 528 g/mol. The topological polar surface area (TPSA) is 73.0 Å². The zero-order valence-electron chi connectivity index (χ0n) is 17.3. The standard InChI is InChI=1S/C21H24BrClN4O3S/c1-14-11-16-12-19(22)21(13-20(16)27(14)15(2)28)31(29,30)24-26-9-7-25(8-10-26)18-5-3-17(23)4-6-18/h3-6,12-14,24H,7-11H2,1-2H3/t14-/m1/s1. The first-order chi connectivity index (χ1) is 14.7. The highest BCUT2D eigenvalue weighted by atomic mass is 79.9. The molecule has 0 aromatic heterocycles. The summed E-state index contributed by atoms with van der Waals surface area (Å²) in [6, 6.07) is 11.0. The summed E-state index contributed by atoms with van der Waals surface area (Å²) in [7, 11) is -3.81. The molecule has 31 heavy (non-hydrogen) atoms. The van der Waals surface area contributed by atoms with E-state index in [1.807, 2.05) is 37.3 Å². The van der Waals surface area contributed by atoms with E-state index in [0.29, 0.717) is 47.8 Å². The molecule has 1 atom stereocenters. The Balaban J connectivity index is 1.49. The highest BCUT2D eigenvalue weighted by Crippen LogP contribution is 2.38. The van der Waals surface area contributed by atoms with Crippen molar-refractivity contribution in [3.05, 3.63) is 51.5 Å². The highest BCUT2D eigenvalue weighted by molar-refractivity contribution is 9.10. The van der Waals surface area contributed by atoms with Crippen molar-refractivity contribution in [2.45, 2.75) is 31.2 Å². The number of halogens is 2. The molecule has 166 valence electrons. The monoisotopic (exact) mass is 526 g/mol. The van der Waals surface area contributed by atoms with E-state index in [9.17, 15) is 13.2 Å². The number of nitrogens with one attached hydrogen (secondary N) is 1. The zero-order valence-corrected chi connectivity index (χ0v) is 20.5. The van der Waals surface area contributed by atoms with Gasteiger partial charge in [0.2, 0.25) is 5.91 Å². The lowest BCUT2D eigenvalue weighted by Crippen LogP contribution is -2.53. The normalized spacial score (nSPS) is 19.5. The van der Waals surface area contributed by atoms with Crippen LogP contribution in [0.2, 0.25) is 5.02 Å². The van der Waals surface area contributed by atoms with Crippen molar-refractivity contribution in [3.63, 3.8) is 0 Å². The minimum Gasteiger partial charge on any atom is -0.369 e. The summed E-state index contributed by atoms with van der Waals surface area (Å²) >= 11 is 9.37. The van der Waals surface area contributed by atoms with Crippen molar-refractivity contribution in [1.29, 1.82) is 0 Å². The number of nitrogens with zero attached hydrogens (tertiary/aromatic N) is 3. The van der Waals surface area contributed by atoms with Crippen LogP contribution < -0.4 is 14.6 Å². The van der Waals surface area contributed by atoms with E-state index in [2.05, 4.69) is 25.7 Å². The number of fused-ring (bicyclic) bond motifs is 1. The predicted octanol–water partition coefficient (Wildman–Crippen LogP) is 3.42. The number of hydrazine groups is 1. The second-order valence-corrected chi connectivity index (χ2v) is 10.8. The SMILES string of the molecule is CC(=O)N1c2cc(S(=O)(=O)NN3CCN(c4ccc(Cl)cc4)CC3)c(Br)cc2C[C@H]1C.